The molecule has 0 spiro atoms. The molecule has 0 fully saturated rings. The lowest BCUT2D eigenvalue weighted by Gasteiger charge is -2.18. The van der Waals surface area contributed by atoms with Crippen LogP contribution in [-0.2, 0) is 18.3 Å². The van der Waals surface area contributed by atoms with E-state index in [4.69, 9.17) is 0 Å². The molecule has 4 aromatic rings. The van der Waals surface area contributed by atoms with Crippen molar-refractivity contribution in [3.05, 3.63) is 107 Å². The molecule has 0 saturated carbocycles. The first-order chi connectivity index (χ1) is 16.3. The Morgan fingerprint density at radius 1 is 1.09 bits per heavy atom. The number of aryl methyl sites for hydroxylation is 1. The number of para-hydroxylation sites is 1. The Labute approximate surface area is 199 Å². The van der Waals surface area contributed by atoms with Gasteiger partial charge >= 0.3 is 5.97 Å². The maximum absolute atomic E-state index is 11.8. The summed E-state index contributed by atoms with van der Waals surface area (Å²) in [6.45, 7) is 1.86. The Morgan fingerprint density at radius 2 is 1.79 bits per heavy atom. The lowest BCUT2D eigenvalue weighted by atomic mass is 10.0. The molecule has 172 valence electrons. The van der Waals surface area contributed by atoms with Crippen LogP contribution in [0.2, 0.25) is 0 Å². The third-order valence-corrected chi connectivity index (χ3v) is 5.92. The normalized spacial score (nSPS) is 12.6. The van der Waals surface area contributed by atoms with E-state index in [1.807, 2.05) is 54.9 Å². The summed E-state index contributed by atoms with van der Waals surface area (Å²) >= 11 is -2.22. The molecule has 4 rings (SSSR count). The zero-order valence-electron chi connectivity index (χ0n) is 18.5. The van der Waals surface area contributed by atoms with Crippen LogP contribution in [0.3, 0.4) is 0 Å². The van der Waals surface area contributed by atoms with Gasteiger partial charge in [-0.05, 0) is 48.9 Å². The number of carbonyl (C=O) groups is 1. The summed E-state index contributed by atoms with van der Waals surface area (Å²) in [5.74, 6) is 5.93. The van der Waals surface area contributed by atoms with Crippen molar-refractivity contribution in [2.75, 3.05) is 0 Å². The molecular weight excluding hydrogens is 452 g/mol. The molecule has 9 heteroatoms. The fourth-order valence-electron chi connectivity index (χ4n) is 3.66. The van der Waals surface area contributed by atoms with Gasteiger partial charge in [0.25, 0.3) is 0 Å². The predicted molar refractivity (Wildman–Crippen MR) is 129 cm³/mol. The van der Waals surface area contributed by atoms with Crippen LogP contribution < -0.4 is 4.72 Å². The predicted octanol–water partition coefficient (Wildman–Crippen LogP) is 3.43. The average molecular weight is 475 g/mol. The van der Waals surface area contributed by atoms with E-state index in [2.05, 4.69) is 21.5 Å². The third kappa shape index (κ3) is 4.84. The van der Waals surface area contributed by atoms with Gasteiger partial charge in [0.15, 0.2) is 0 Å². The zero-order chi connectivity index (χ0) is 24.2. The summed E-state index contributed by atoms with van der Waals surface area (Å²) < 4.78 is 27.2. The van der Waals surface area contributed by atoms with Crippen LogP contribution in [0.4, 0.5) is 0 Å². The summed E-state index contributed by atoms with van der Waals surface area (Å²) in [4.78, 5) is 16.0. The largest absolute Gasteiger partial charge is 0.478 e. The molecule has 8 nitrogen and oxygen atoms in total. The molecule has 2 aromatic carbocycles. The van der Waals surface area contributed by atoms with E-state index in [9.17, 15) is 18.7 Å². The van der Waals surface area contributed by atoms with Crippen LogP contribution in [0.25, 0.3) is 5.69 Å². The number of hydrogen-bond donors (Lipinski definition) is 3. The second-order valence-corrected chi connectivity index (χ2v) is 8.29. The lowest BCUT2D eigenvalue weighted by Crippen LogP contribution is -2.26. The summed E-state index contributed by atoms with van der Waals surface area (Å²) in [6.07, 6.45) is 5.23. The lowest BCUT2D eigenvalue weighted by molar-refractivity contribution is 0.0697. The van der Waals surface area contributed by atoms with Gasteiger partial charge in [-0.25, -0.2) is 18.7 Å². The Bertz CT molecular complexity index is 1410. The van der Waals surface area contributed by atoms with Crippen molar-refractivity contribution in [3.63, 3.8) is 0 Å². The molecular formula is C25H22N4O4S. The highest BCUT2D eigenvalue weighted by molar-refractivity contribution is 7.77. The second-order valence-electron chi connectivity index (χ2n) is 7.56. The molecule has 0 aliphatic heterocycles. The fourth-order valence-corrected chi connectivity index (χ4v) is 4.12. The Balaban J connectivity index is 1.68. The highest BCUT2D eigenvalue weighted by Crippen LogP contribution is 2.24. The minimum atomic E-state index is -2.22. The second kappa shape index (κ2) is 9.89. The van der Waals surface area contributed by atoms with Gasteiger partial charge in [-0.3, -0.25) is 4.55 Å². The Morgan fingerprint density at radius 3 is 2.38 bits per heavy atom. The molecule has 3 N–H and O–H groups in total. The van der Waals surface area contributed by atoms with Crippen molar-refractivity contribution >= 4 is 17.2 Å². The first-order valence-electron chi connectivity index (χ1n) is 10.3. The molecule has 0 amide bonds. The molecule has 2 unspecified atom stereocenters. The molecule has 0 aliphatic rings. The minimum absolute atomic E-state index is 0.163. The van der Waals surface area contributed by atoms with E-state index in [-0.39, 0.29) is 5.56 Å². The summed E-state index contributed by atoms with van der Waals surface area (Å²) in [7, 11) is 1.85. The smallest absolute Gasteiger partial charge is 0.337 e. The number of aromatic nitrogens is 3. The molecule has 2 heterocycles. The van der Waals surface area contributed by atoms with Crippen molar-refractivity contribution in [2.45, 2.75) is 13.0 Å². The summed E-state index contributed by atoms with van der Waals surface area (Å²) in [6, 6.07) is 15.4. The van der Waals surface area contributed by atoms with Crippen LogP contribution in [0.1, 0.15) is 44.6 Å². The van der Waals surface area contributed by atoms with Crippen LogP contribution in [0.15, 0.2) is 73.2 Å². The zero-order valence-corrected chi connectivity index (χ0v) is 19.3. The van der Waals surface area contributed by atoms with Gasteiger partial charge in [0, 0.05) is 30.6 Å². The minimum Gasteiger partial charge on any atom is -0.478 e. The summed E-state index contributed by atoms with van der Waals surface area (Å²) in [5.41, 5.74) is 3.49. The van der Waals surface area contributed by atoms with E-state index in [0.29, 0.717) is 16.8 Å². The van der Waals surface area contributed by atoms with Gasteiger partial charge in [-0.2, -0.15) is 0 Å². The van der Waals surface area contributed by atoms with E-state index in [1.54, 1.807) is 41.4 Å². The number of imidazole rings is 1. The maximum atomic E-state index is 11.8. The molecule has 0 radical (unpaired) electrons. The standard InChI is InChI=1S/C25H22N4O4S/c1-17-26-16-22(28(17)2)23(27-34(32)33)19-11-8-18(9-12-19)10-13-20-6-5-7-21(25(30)31)24(20)29-14-3-4-15-29/h3-9,11-12,14-16,23,27H,1-2H3,(H,30,31)(H,32,33). The topological polar surface area (TPSA) is 109 Å². The highest BCUT2D eigenvalue weighted by Gasteiger charge is 2.20. The number of nitrogens with one attached hydrogen (secondary N) is 1. The van der Waals surface area contributed by atoms with E-state index >= 15 is 0 Å². The average Bonchev–Trinajstić information content (AvgIpc) is 3.47. The fraction of sp³-hybridized carbons (Fsp3) is 0.120. The Hall–Kier alpha value is -3.97. The van der Waals surface area contributed by atoms with Crippen molar-refractivity contribution in [3.8, 4) is 17.5 Å². The van der Waals surface area contributed by atoms with Gasteiger partial charge in [0.1, 0.15) is 5.82 Å². The van der Waals surface area contributed by atoms with Crippen molar-refractivity contribution in [1.29, 1.82) is 0 Å². The number of carboxylic acids is 1. The number of rotatable bonds is 6. The van der Waals surface area contributed by atoms with Crippen molar-refractivity contribution < 1.29 is 18.7 Å². The highest BCUT2D eigenvalue weighted by atomic mass is 32.2. The van der Waals surface area contributed by atoms with Crippen molar-refractivity contribution in [2.24, 2.45) is 7.05 Å². The molecule has 0 aliphatic carbocycles. The van der Waals surface area contributed by atoms with Crippen LogP contribution in [-0.4, -0.2) is 34.0 Å². The van der Waals surface area contributed by atoms with Gasteiger partial charge in [0.2, 0.25) is 11.3 Å². The molecule has 0 saturated heterocycles. The molecule has 34 heavy (non-hydrogen) atoms. The number of aromatic carboxylic acids is 1. The van der Waals surface area contributed by atoms with Gasteiger partial charge in [-0.15, -0.1) is 0 Å². The number of carboxylic acid groups (broad SMARTS) is 1. The first kappa shape index (κ1) is 23.2. The molecule has 2 atom stereocenters. The number of hydrogen-bond acceptors (Lipinski definition) is 3. The molecule has 2 aromatic heterocycles. The Kier molecular flexibility index (Phi) is 6.75. The van der Waals surface area contributed by atoms with Crippen LogP contribution in [0.5, 0.6) is 0 Å². The van der Waals surface area contributed by atoms with Gasteiger partial charge in [-0.1, -0.05) is 30.0 Å². The number of benzene rings is 2. The number of nitrogens with zero attached hydrogens (tertiary/aromatic N) is 3. The van der Waals surface area contributed by atoms with Crippen LogP contribution >= 0.6 is 0 Å². The quantitative estimate of drug-likeness (QED) is 0.293. The van der Waals surface area contributed by atoms with Gasteiger partial charge in [0.05, 0.1) is 29.2 Å². The third-order valence-electron chi connectivity index (χ3n) is 5.49. The van der Waals surface area contributed by atoms with E-state index < -0.39 is 23.3 Å². The van der Waals surface area contributed by atoms with E-state index in [1.165, 1.54) is 0 Å². The molecule has 0 bridgehead atoms. The van der Waals surface area contributed by atoms with Gasteiger partial charge < -0.3 is 14.2 Å². The maximum Gasteiger partial charge on any atom is 0.337 e. The van der Waals surface area contributed by atoms with E-state index in [0.717, 1.165) is 17.1 Å². The van der Waals surface area contributed by atoms with Crippen LogP contribution in [0, 0.1) is 18.8 Å². The SMILES string of the molecule is Cc1ncc(C(NS(=O)O)c2ccc(C#Cc3cccc(C(=O)O)c3-n3cccc3)cc2)n1C. The first-order valence-corrected chi connectivity index (χ1v) is 11.4. The monoisotopic (exact) mass is 474 g/mol. The van der Waals surface area contributed by atoms with Crippen molar-refractivity contribution in [1.82, 2.24) is 18.8 Å². The summed E-state index contributed by atoms with van der Waals surface area (Å²) in [5, 5.41) is 9.62.